The third-order valence-electron chi connectivity index (χ3n) is 8.24. The monoisotopic (exact) mass is 627 g/mol. The summed E-state index contributed by atoms with van der Waals surface area (Å²) < 4.78 is 16.8. The fraction of sp³-hybridized carbons (Fsp3) is 0.270. The number of carbonyl (C=O) groups is 2. The van der Waals surface area contributed by atoms with E-state index in [2.05, 4.69) is 38.9 Å². The van der Waals surface area contributed by atoms with Gasteiger partial charge in [-0.2, -0.15) is 5.26 Å². The summed E-state index contributed by atoms with van der Waals surface area (Å²) in [6.45, 7) is 2.50. The lowest BCUT2D eigenvalue weighted by molar-refractivity contribution is -0.118. The van der Waals surface area contributed by atoms with E-state index in [0.717, 1.165) is 40.7 Å². The maximum atomic E-state index is 13.3. The Kier molecular flexibility index (Phi) is 9.42. The number of amides is 2. The molecule has 2 N–H and O–H groups in total. The molecule has 3 aromatic carbocycles. The van der Waals surface area contributed by atoms with Crippen molar-refractivity contribution < 1.29 is 23.8 Å². The highest BCUT2D eigenvalue weighted by Crippen LogP contribution is 2.46. The Labute approximate surface area is 273 Å². The van der Waals surface area contributed by atoms with Crippen molar-refractivity contribution in [2.24, 2.45) is 0 Å². The summed E-state index contributed by atoms with van der Waals surface area (Å²) in [5.74, 6) is 2.82. The van der Waals surface area contributed by atoms with Crippen molar-refractivity contribution in [1.82, 2.24) is 15.5 Å². The lowest BCUT2D eigenvalue weighted by Crippen LogP contribution is -2.44. The fourth-order valence-electron chi connectivity index (χ4n) is 5.79. The molecule has 0 bridgehead atoms. The smallest absolute Gasteiger partial charge is 0.407 e. The summed E-state index contributed by atoms with van der Waals surface area (Å²) in [5, 5.41) is 23.4. The molecule has 1 aromatic heterocycles. The molecule has 4 aromatic rings. The zero-order valence-corrected chi connectivity index (χ0v) is 25.9. The van der Waals surface area contributed by atoms with E-state index in [4.69, 9.17) is 20.6 Å². The van der Waals surface area contributed by atoms with Gasteiger partial charge in [-0.1, -0.05) is 54.5 Å². The van der Waals surface area contributed by atoms with Gasteiger partial charge in [0, 0.05) is 23.7 Å². The van der Waals surface area contributed by atoms with Gasteiger partial charge in [0.1, 0.15) is 24.1 Å². The zero-order valence-electron chi connectivity index (χ0n) is 25.9. The Hall–Kier alpha value is -5.71. The molecule has 2 amide bonds. The van der Waals surface area contributed by atoms with E-state index in [1.54, 1.807) is 18.2 Å². The number of fused-ring (bicyclic) bond motifs is 3. The van der Waals surface area contributed by atoms with Crippen molar-refractivity contribution in [3.05, 3.63) is 95.1 Å². The van der Waals surface area contributed by atoms with Crippen molar-refractivity contribution in [1.29, 1.82) is 5.26 Å². The standard InChI is InChI=1S/C37H33N5O5/c1-3-23-13-16-29(33(19-23)47-22-45-4-2)35-30(24-14-15-24)20-34(41-42-35)40-36(43)32(17-18-38)39-37(44)46-21-31-27-11-7-5-9-25(27)26-10-6-8-12-28(26)31/h1,5-13,16,19-20,24,31-32H,4,14-15,17,21-22H2,2H3,(H,39,44)(H,40,41,43)/t32-/m1/s1. The summed E-state index contributed by atoms with van der Waals surface area (Å²) in [6, 6.07) is 24.0. The summed E-state index contributed by atoms with van der Waals surface area (Å²) >= 11 is 0. The van der Waals surface area contributed by atoms with Crippen LogP contribution in [0.1, 0.15) is 60.3 Å². The summed E-state index contributed by atoms with van der Waals surface area (Å²) in [7, 11) is 0. The molecule has 1 fully saturated rings. The molecule has 1 atom stereocenters. The topological polar surface area (TPSA) is 135 Å². The number of terminal acetylenes is 1. The third-order valence-corrected chi connectivity index (χ3v) is 8.24. The average Bonchev–Trinajstić information content (AvgIpc) is 3.90. The highest BCUT2D eigenvalue weighted by molar-refractivity contribution is 5.96. The predicted molar refractivity (Wildman–Crippen MR) is 175 cm³/mol. The number of ether oxygens (including phenoxy) is 3. The lowest BCUT2D eigenvalue weighted by atomic mass is 9.98. The lowest BCUT2D eigenvalue weighted by Gasteiger charge is -2.18. The van der Waals surface area contributed by atoms with Crippen LogP contribution < -0.4 is 15.4 Å². The van der Waals surface area contributed by atoms with Gasteiger partial charge in [0.15, 0.2) is 12.6 Å². The third kappa shape index (κ3) is 6.94. The second-order valence-corrected chi connectivity index (χ2v) is 11.3. The van der Waals surface area contributed by atoms with E-state index < -0.39 is 18.0 Å². The molecule has 10 heteroatoms. The first-order chi connectivity index (χ1) is 23.0. The van der Waals surface area contributed by atoms with Crippen LogP contribution in [0.4, 0.5) is 10.6 Å². The normalized spacial score (nSPS) is 13.8. The number of nitrogens with one attached hydrogen (secondary N) is 2. The van der Waals surface area contributed by atoms with Crippen LogP contribution >= 0.6 is 0 Å². The van der Waals surface area contributed by atoms with Gasteiger partial charge in [-0.25, -0.2) is 4.79 Å². The first-order valence-corrected chi connectivity index (χ1v) is 15.5. The Morgan fingerprint density at radius 3 is 2.36 bits per heavy atom. The van der Waals surface area contributed by atoms with Crippen LogP contribution in [0.5, 0.6) is 5.75 Å². The zero-order chi connectivity index (χ0) is 32.8. The number of aromatic nitrogens is 2. The molecule has 0 spiro atoms. The molecule has 10 nitrogen and oxygen atoms in total. The van der Waals surface area contributed by atoms with Gasteiger partial charge in [0.2, 0.25) is 5.91 Å². The first kappa shape index (κ1) is 31.3. The average molecular weight is 628 g/mol. The van der Waals surface area contributed by atoms with Crippen LogP contribution in [-0.4, -0.2) is 48.2 Å². The van der Waals surface area contributed by atoms with Gasteiger partial charge in [-0.3, -0.25) is 4.79 Å². The van der Waals surface area contributed by atoms with Crippen molar-refractivity contribution in [2.75, 3.05) is 25.3 Å². The molecule has 0 radical (unpaired) electrons. The summed E-state index contributed by atoms with van der Waals surface area (Å²) in [5.41, 5.74) is 7.22. The molecule has 2 aliphatic rings. The van der Waals surface area contributed by atoms with Crippen molar-refractivity contribution in [2.45, 2.75) is 44.1 Å². The fourth-order valence-corrected chi connectivity index (χ4v) is 5.79. The second-order valence-electron chi connectivity index (χ2n) is 11.3. The Morgan fingerprint density at radius 2 is 1.70 bits per heavy atom. The van der Waals surface area contributed by atoms with Gasteiger partial charge < -0.3 is 24.8 Å². The number of rotatable bonds is 12. The Bertz CT molecular complexity index is 1850. The van der Waals surface area contributed by atoms with Crippen molar-refractivity contribution in [3.63, 3.8) is 0 Å². The molecular weight excluding hydrogens is 594 g/mol. The van der Waals surface area contributed by atoms with Crippen molar-refractivity contribution in [3.8, 4) is 46.5 Å². The number of hydrogen-bond acceptors (Lipinski definition) is 8. The predicted octanol–water partition coefficient (Wildman–Crippen LogP) is 6.13. The van der Waals surface area contributed by atoms with Crippen molar-refractivity contribution >= 4 is 17.8 Å². The van der Waals surface area contributed by atoms with E-state index in [1.807, 2.05) is 55.5 Å². The molecule has 1 heterocycles. The minimum Gasteiger partial charge on any atom is -0.467 e. The van der Waals surface area contributed by atoms with Gasteiger partial charge in [-0.15, -0.1) is 16.6 Å². The van der Waals surface area contributed by atoms with Gasteiger partial charge >= 0.3 is 6.09 Å². The summed E-state index contributed by atoms with van der Waals surface area (Å²) in [6.07, 6.45) is 6.48. The van der Waals surface area contributed by atoms with Crippen LogP contribution in [-0.2, 0) is 14.3 Å². The molecule has 236 valence electrons. The minimum absolute atomic E-state index is 0.0504. The number of hydrogen-bond donors (Lipinski definition) is 2. The molecule has 0 unspecified atom stereocenters. The van der Waals surface area contributed by atoms with Gasteiger partial charge in [-0.05, 0) is 77.8 Å². The quantitative estimate of drug-likeness (QED) is 0.109. The van der Waals surface area contributed by atoms with E-state index in [0.29, 0.717) is 29.2 Å². The number of benzene rings is 3. The number of alkyl carbamates (subject to hydrolysis) is 1. The molecule has 6 rings (SSSR count). The number of carbonyl (C=O) groups excluding carboxylic acids is 2. The second kappa shape index (κ2) is 14.2. The highest BCUT2D eigenvalue weighted by Gasteiger charge is 2.31. The van der Waals surface area contributed by atoms with E-state index >= 15 is 0 Å². The van der Waals surface area contributed by atoms with Gasteiger partial charge in [0.05, 0.1) is 12.5 Å². The molecule has 0 aliphatic heterocycles. The van der Waals surface area contributed by atoms with Crippen LogP contribution in [0.3, 0.4) is 0 Å². The van der Waals surface area contributed by atoms with Crippen LogP contribution in [0.15, 0.2) is 72.8 Å². The van der Waals surface area contributed by atoms with Crippen LogP contribution in [0.2, 0.25) is 0 Å². The Balaban J connectivity index is 1.15. The van der Waals surface area contributed by atoms with E-state index in [-0.39, 0.29) is 37.5 Å². The van der Waals surface area contributed by atoms with E-state index in [9.17, 15) is 14.9 Å². The minimum atomic E-state index is -1.17. The molecule has 47 heavy (non-hydrogen) atoms. The number of nitriles is 1. The van der Waals surface area contributed by atoms with Crippen LogP contribution in [0, 0.1) is 23.7 Å². The largest absolute Gasteiger partial charge is 0.467 e. The number of anilines is 1. The maximum absolute atomic E-state index is 13.3. The van der Waals surface area contributed by atoms with Crippen LogP contribution in [0.25, 0.3) is 22.4 Å². The van der Waals surface area contributed by atoms with E-state index in [1.165, 1.54) is 0 Å². The Morgan fingerprint density at radius 1 is 0.979 bits per heavy atom. The highest BCUT2D eigenvalue weighted by atomic mass is 16.7. The summed E-state index contributed by atoms with van der Waals surface area (Å²) in [4.78, 5) is 26.2. The molecule has 0 saturated heterocycles. The molecule has 1 saturated carbocycles. The molecular formula is C37H33N5O5. The maximum Gasteiger partial charge on any atom is 0.407 e. The number of nitrogens with zero attached hydrogens (tertiary/aromatic N) is 3. The SMILES string of the molecule is C#Cc1ccc(-c2nnc(NC(=O)[C@@H](CC#N)NC(=O)OCC3c4ccccc4-c4ccccc43)cc2C2CC2)c(OCOCC)c1. The first-order valence-electron chi connectivity index (χ1n) is 15.5. The molecule has 2 aliphatic carbocycles. The van der Waals surface area contributed by atoms with Gasteiger partial charge in [0.25, 0.3) is 0 Å².